The van der Waals surface area contributed by atoms with Gasteiger partial charge in [0.05, 0.1) is 13.7 Å². The number of methoxy groups -OCH3 is 1. The Kier molecular flexibility index (Phi) is 5.41. The van der Waals surface area contributed by atoms with Crippen molar-refractivity contribution in [2.45, 2.75) is 38.0 Å². The van der Waals surface area contributed by atoms with E-state index < -0.39 is 12.3 Å². The summed E-state index contributed by atoms with van der Waals surface area (Å²) in [5, 5.41) is 11.8. The Morgan fingerprint density at radius 3 is 2.34 bits per heavy atom. The number of amidine groups is 1. The van der Waals surface area contributed by atoms with E-state index in [9.17, 15) is 13.9 Å². The second kappa shape index (κ2) is 7.99. The molecule has 0 bridgehead atoms. The van der Waals surface area contributed by atoms with Gasteiger partial charge in [0.25, 0.3) is 11.6 Å². The van der Waals surface area contributed by atoms with Crippen molar-refractivity contribution in [3.8, 4) is 11.5 Å². The number of hydrogen-bond acceptors (Lipinski definition) is 4. The maximum atomic E-state index is 12.5. The van der Waals surface area contributed by atoms with E-state index in [1.807, 2.05) is 29.2 Å². The molecule has 5 nitrogen and oxygen atoms in total. The minimum atomic E-state index is -2.88. The molecule has 0 spiro atoms. The standard InChI is InChI=1S/C22H25F2N2O3/c1-28-18-12-8-17(9-13-18)26-20-5-3-2-4-14-25(20)15-22(26,27)16-6-10-19(11-7-16)29-21(23)24/h6-13,21,27H,2-5,14-15H2,1H3/q+1. The van der Waals surface area contributed by atoms with Crippen LogP contribution in [-0.2, 0) is 5.72 Å². The SMILES string of the molecule is COc1ccc(N2C3=[N+](CCCCC3)CC2(O)c2ccc(OC(F)F)cc2)cc1. The van der Waals surface area contributed by atoms with Crippen LogP contribution in [-0.4, -0.2) is 42.3 Å². The van der Waals surface area contributed by atoms with Crippen molar-refractivity contribution in [1.82, 2.24) is 0 Å². The van der Waals surface area contributed by atoms with Crippen molar-refractivity contribution in [3.05, 3.63) is 54.1 Å². The summed E-state index contributed by atoms with van der Waals surface area (Å²) in [6.45, 7) is -1.57. The van der Waals surface area contributed by atoms with E-state index in [1.165, 1.54) is 12.1 Å². The zero-order valence-corrected chi connectivity index (χ0v) is 16.4. The fraction of sp³-hybridized carbons (Fsp3) is 0.409. The summed E-state index contributed by atoms with van der Waals surface area (Å²) in [5.41, 5.74) is 0.195. The van der Waals surface area contributed by atoms with Crippen LogP contribution in [0.15, 0.2) is 48.5 Å². The molecule has 0 radical (unpaired) electrons. The second-order valence-corrected chi connectivity index (χ2v) is 7.40. The largest absolute Gasteiger partial charge is 0.497 e. The minimum Gasteiger partial charge on any atom is -0.497 e. The van der Waals surface area contributed by atoms with Gasteiger partial charge in [0.15, 0.2) is 6.54 Å². The number of alkyl halides is 2. The Bertz CT molecular complexity index is 884. The smallest absolute Gasteiger partial charge is 0.387 e. The Hall–Kier alpha value is -2.67. The highest BCUT2D eigenvalue weighted by molar-refractivity contribution is 5.97. The molecule has 4 rings (SSSR count). The van der Waals surface area contributed by atoms with Gasteiger partial charge in [-0.05, 0) is 67.8 Å². The summed E-state index contributed by atoms with van der Waals surface area (Å²) < 4.78 is 36.9. The van der Waals surface area contributed by atoms with Crippen LogP contribution in [0, 0.1) is 0 Å². The summed E-state index contributed by atoms with van der Waals surface area (Å²) in [6.07, 6.45) is 4.18. The van der Waals surface area contributed by atoms with Crippen LogP contribution in [0.2, 0.25) is 0 Å². The van der Waals surface area contributed by atoms with Crippen molar-refractivity contribution >= 4 is 11.5 Å². The van der Waals surface area contributed by atoms with Crippen molar-refractivity contribution in [2.75, 3.05) is 25.1 Å². The number of rotatable bonds is 5. The number of ether oxygens (including phenoxy) is 2. The highest BCUT2D eigenvalue weighted by Gasteiger charge is 2.54. The lowest BCUT2D eigenvalue weighted by Gasteiger charge is -2.29. The molecular formula is C22H25F2N2O3+. The molecule has 1 unspecified atom stereocenters. The predicted molar refractivity (Wildman–Crippen MR) is 106 cm³/mol. The van der Waals surface area contributed by atoms with E-state index in [-0.39, 0.29) is 5.75 Å². The summed E-state index contributed by atoms with van der Waals surface area (Å²) in [6, 6.07) is 13.9. The lowest BCUT2D eigenvalue weighted by molar-refractivity contribution is -0.534. The third-order valence-corrected chi connectivity index (χ3v) is 5.61. The summed E-state index contributed by atoms with van der Waals surface area (Å²) in [5.74, 6) is 1.90. The lowest BCUT2D eigenvalue weighted by atomic mass is 9.99. The van der Waals surface area contributed by atoms with Gasteiger partial charge in [-0.2, -0.15) is 13.7 Å². The molecule has 0 aliphatic carbocycles. The fourth-order valence-electron chi connectivity index (χ4n) is 4.24. The molecule has 0 saturated carbocycles. The molecule has 7 heteroatoms. The number of hydrogen-bond donors (Lipinski definition) is 1. The number of halogens is 2. The van der Waals surface area contributed by atoms with Gasteiger partial charge in [-0.25, -0.2) is 0 Å². The maximum Gasteiger partial charge on any atom is 0.387 e. The zero-order valence-electron chi connectivity index (χ0n) is 16.4. The fourth-order valence-corrected chi connectivity index (χ4v) is 4.24. The number of nitrogens with zero attached hydrogens (tertiary/aromatic N) is 2. The third-order valence-electron chi connectivity index (χ3n) is 5.61. The molecule has 154 valence electrons. The molecular weight excluding hydrogens is 378 g/mol. The van der Waals surface area contributed by atoms with E-state index in [0.717, 1.165) is 49.5 Å². The molecule has 29 heavy (non-hydrogen) atoms. The predicted octanol–water partition coefficient (Wildman–Crippen LogP) is 3.95. The lowest BCUT2D eigenvalue weighted by Crippen LogP contribution is -2.47. The van der Waals surface area contributed by atoms with E-state index in [0.29, 0.717) is 12.1 Å². The monoisotopic (exact) mass is 403 g/mol. The van der Waals surface area contributed by atoms with Crippen LogP contribution in [0.3, 0.4) is 0 Å². The molecule has 0 fully saturated rings. The van der Waals surface area contributed by atoms with Crippen molar-refractivity contribution < 1.29 is 27.9 Å². The maximum absolute atomic E-state index is 12.5. The molecule has 2 heterocycles. The topological polar surface area (TPSA) is 44.9 Å². The van der Waals surface area contributed by atoms with Crippen LogP contribution in [0.1, 0.15) is 31.2 Å². The molecule has 2 aliphatic rings. The van der Waals surface area contributed by atoms with Gasteiger partial charge >= 0.3 is 6.61 Å². The minimum absolute atomic E-state index is 0.0727. The molecule has 0 aromatic heterocycles. The molecule has 2 aliphatic heterocycles. The van der Waals surface area contributed by atoms with Crippen molar-refractivity contribution in [2.24, 2.45) is 0 Å². The summed E-state index contributed by atoms with van der Waals surface area (Å²) in [4.78, 5) is 1.97. The first-order chi connectivity index (χ1) is 14.0. The molecule has 0 amide bonds. The third kappa shape index (κ3) is 3.79. The first-order valence-electron chi connectivity index (χ1n) is 9.84. The van der Waals surface area contributed by atoms with Crippen LogP contribution in [0.5, 0.6) is 11.5 Å². The van der Waals surface area contributed by atoms with Gasteiger partial charge in [0.1, 0.15) is 17.2 Å². The molecule has 1 atom stereocenters. The van der Waals surface area contributed by atoms with Gasteiger partial charge < -0.3 is 14.6 Å². The molecule has 2 aromatic carbocycles. The van der Waals surface area contributed by atoms with E-state index in [1.54, 1.807) is 19.2 Å². The Labute approximate surface area is 168 Å². The Morgan fingerprint density at radius 1 is 1.00 bits per heavy atom. The number of aliphatic hydroxyl groups is 1. The highest BCUT2D eigenvalue weighted by atomic mass is 19.3. The van der Waals surface area contributed by atoms with E-state index in [2.05, 4.69) is 9.31 Å². The second-order valence-electron chi connectivity index (χ2n) is 7.40. The van der Waals surface area contributed by atoms with Crippen LogP contribution < -0.4 is 14.4 Å². The van der Waals surface area contributed by atoms with E-state index >= 15 is 0 Å². The van der Waals surface area contributed by atoms with E-state index in [4.69, 9.17) is 4.74 Å². The zero-order chi connectivity index (χ0) is 20.4. The van der Waals surface area contributed by atoms with Gasteiger partial charge in [-0.1, -0.05) is 0 Å². The molecule has 1 N–H and O–H groups in total. The van der Waals surface area contributed by atoms with Crippen LogP contribution in [0.25, 0.3) is 0 Å². The van der Waals surface area contributed by atoms with Gasteiger partial charge in [0, 0.05) is 12.0 Å². The first kappa shape index (κ1) is 19.6. The molecule has 2 aromatic rings. The summed E-state index contributed by atoms with van der Waals surface area (Å²) in [7, 11) is 1.62. The summed E-state index contributed by atoms with van der Waals surface area (Å²) >= 11 is 0. The highest BCUT2D eigenvalue weighted by Crippen LogP contribution is 2.38. The number of anilines is 1. The average molecular weight is 403 g/mol. The first-order valence-corrected chi connectivity index (χ1v) is 9.84. The van der Waals surface area contributed by atoms with Gasteiger partial charge in [-0.3, -0.25) is 4.58 Å². The Morgan fingerprint density at radius 2 is 1.69 bits per heavy atom. The van der Waals surface area contributed by atoms with Crippen molar-refractivity contribution in [3.63, 3.8) is 0 Å². The van der Waals surface area contributed by atoms with Crippen LogP contribution in [0.4, 0.5) is 14.5 Å². The normalized spacial score (nSPS) is 21.9. The van der Waals surface area contributed by atoms with Crippen LogP contribution >= 0.6 is 0 Å². The van der Waals surface area contributed by atoms with Crippen molar-refractivity contribution in [1.29, 1.82) is 0 Å². The van der Waals surface area contributed by atoms with Gasteiger partial charge in [-0.15, -0.1) is 0 Å². The molecule has 0 saturated heterocycles. The van der Waals surface area contributed by atoms with Gasteiger partial charge in [0.2, 0.25) is 0 Å². The Balaban J connectivity index is 1.73. The quantitative estimate of drug-likeness (QED) is 0.768. The average Bonchev–Trinajstić information content (AvgIpc) is 2.84. The number of benzene rings is 2.